The lowest BCUT2D eigenvalue weighted by atomic mass is 10.3. The predicted molar refractivity (Wildman–Crippen MR) is 102 cm³/mol. The topological polar surface area (TPSA) is 96.8 Å². The molecule has 0 saturated carbocycles. The van der Waals surface area contributed by atoms with E-state index in [2.05, 4.69) is 11.4 Å². The molecule has 1 fully saturated rings. The standard InChI is InChI=1S/C16H23N5O3S2/c1-19(2)26(23,24)21-10-8-20(9-11-21)13-16(22)18-14-5-3-4-6-15(14)25-12-7-17/h3-6H,8-13H2,1-2H3,(H,18,22). The van der Waals surface area contributed by atoms with E-state index in [4.69, 9.17) is 5.26 Å². The Morgan fingerprint density at radius 2 is 1.92 bits per heavy atom. The lowest BCUT2D eigenvalue weighted by Crippen LogP contribution is -2.52. The second-order valence-electron chi connectivity index (χ2n) is 5.96. The van der Waals surface area contributed by atoms with Gasteiger partial charge >= 0.3 is 0 Å². The van der Waals surface area contributed by atoms with Gasteiger partial charge in [0.15, 0.2) is 0 Å². The van der Waals surface area contributed by atoms with Crippen LogP contribution in [0, 0.1) is 11.3 Å². The zero-order chi connectivity index (χ0) is 19.2. The molecule has 2 rings (SSSR count). The Bertz CT molecular complexity index is 768. The van der Waals surface area contributed by atoms with E-state index in [1.165, 1.54) is 34.5 Å². The van der Waals surface area contributed by atoms with E-state index in [1.807, 2.05) is 23.1 Å². The monoisotopic (exact) mass is 397 g/mol. The molecule has 0 unspecified atom stereocenters. The highest BCUT2D eigenvalue weighted by Crippen LogP contribution is 2.26. The van der Waals surface area contributed by atoms with Gasteiger partial charge in [0, 0.05) is 45.2 Å². The molecule has 0 aromatic heterocycles. The van der Waals surface area contributed by atoms with E-state index in [9.17, 15) is 13.2 Å². The van der Waals surface area contributed by atoms with Crippen molar-refractivity contribution in [2.75, 3.05) is 57.9 Å². The summed E-state index contributed by atoms with van der Waals surface area (Å²) >= 11 is 1.37. The van der Waals surface area contributed by atoms with Crippen molar-refractivity contribution in [3.05, 3.63) is 24.3 Å². The summed E-state index contributed by atoms with van der Waals surface area (Å²) in [6.45, 7) is 1.94. The van der Waals surface area contributed by atoms with Crippen LogP contribution in [0.3, 0.4) is 0 Å². The van der Waals surface area contributed by atoms with Crippen LogP contribution in [0.5, 0.6) is 0 Å². The Labute approximate surface area is 158 Å². The van der Waals surface area contributed by atoms with E-state index < -0.39 is 10.2 Å². The number of carbonyl (C=O) groups is 1. The molecular formula is C16H23N5O3S2. The number of piperazine rings is 1. The lowest BCUT2D eigenvalue weighted by Gasteiger charge is -2.34. The molecule has 1 aliphatic rings. The summed E-state index contributed by atoms with van der Waals surface area (Å²) in [4.78, 5) is 15.1. The van der Waals surface area contributed by atoms with E-state index >= 15 is 0 Å². The number of rotatable bonds is 7. The van der Waals surface area contributed by atoms with E-state index in [0.717, 1.165) is 4.90 Å². The molecular weight excluding hydrogens is 374 g/mol. The smallest absolute Gasteiger partial charge is 0.281 e. The van der Waals surface area contributed by atoms with Gasteiger partial charge in [0.05, 0.1) is 24.1 Å². The summed E-state index contributed by atoms with van der Waals surface area (Å²) < 4.78 is 26.8. The molecule has 0 aliphatic carbocycles. The van der Waals surface area contributed by atoms with Crippen molar-refractivity contribution in [1.29, 1.82) is 5.26 Å². The number of nitrogens with zero attached hydrogens (tertiary/aromatic N) is 4. The Morgan fingerprint density at radius 1 is 1.27 bits per heavy atom. The third kappa shape index (κ3) is 5.43. The molecule has 26 heavy (non-hydrogen) atoms. The molecule has 1 saturated heterocycles. The number of hydrogen-bond donors (Lipinski definition) is 1. The molecule has 10 heteroatoms. The third-order valence-electron chi connectivity index (χ3n) is 3.94. The predicted octanol–water partition coefficient (Wildman–Crippen LogP) is 0.665. The average Bonchev–Trinajstić information content (AvgIpc) is 2.61. The van der Waals surface area contributed by atoms with Gasteiger partial charge < -0.3 is 5.32 Å². The number of hydrogen-bond acceptors (Lipinski definition) is 6. The van der Waals surface area contributed by atoms with Crippen molar-refractivity contribution in [3.8, 4) is 6.07 Å². The van der Waals surface area contributed by atoms with Gasteiger partial charge in [-0.1, -0.05) is 12.1 Å². The number of anilines is 1. The van der Waals surface area contributed by atoms with Gasteiger partial charge in [0.25, 0.3) is 10.2 Å². The molecule has 0 radical (unpaired) electrons. The molecule has 1 aromatic carbocycles. The summed E-state index contributed by atoms with van der Waals surface area (Å²) in [5.41, 5.74) is 0.687. The van der Waals surface area contributed by atoms with E-state index in [-0.39, 0.29) is 12.5 Å². The van der Waals surface area contributed by atoms with E-state index in [0.29, 0.717) is 37.6 Å². The van der Waals surface area contributed by atoms with Gasteiger partial charge in [-0.05, 0) is 12.1 Å². The zero-order valence-electron chi connectivity index (χ0n) is 14.9. The number of para-hydroxylation sites is 1. The minimum atomic E-state index is -3.40. The minimum Gasteiger partial charge on any atom is -0.324 e. The summed E-state index contributed by atoms with van der Waals surface area (Å²) in [5, 5.41) is 11.6. The van der Waals surface area contributed by atoms with Crippen molar-refractivity contribution < 1.29 is 13.2 Å². The summed E-state index contributed by atoms with van der Waals surface area (Å²) in [5.74, 6) is 0.161. The number of amides is 1. The number of carbonyl (C=O) groups excluding carboxylic acids is 1. The molecule has 1 amide bonds. The highest BCUT2D eigenvalue weighted by molar-refractivity contribution is 7.99. The van der Waals surface area contributed by atoms with Crippen LogP contribution < -0.4 is 5.32 Å². The van der Waals surface area contributed by atoms with Gasteiger partial charge in [-0.3, -0.25) is 9.69 Å². The molecule has 0 bridgehead atoms. The molecule has 8 nitrogen and oxygen atoms in total. The van der Waals surface area contributed by atoms with Crippen LogP contribution in [0.1, 0.15) is 0 Å². The highest BCUT2D eigenvalue weighted by atomic mass is 32.2. The van der Waals surface area contributed by atoms with Crippen molar-refractivity contribution in [3.63, 3.8) is 0 Å². The van der Waals surface area contributed by atoms with Crippen molar-refractivity contribution in [2.24, 2.45) is 0 Å². The Kier molecular flexibility index (Phi) is 7.43. The highest BCUT2D eigenvalue weighted by Gasteiger charge is 2.29. The Hall–Kier alpha value is -1.64. The second kappa shape index (κ2) is 9.34. The lowest BCUT2D eigenvalue weighted by molar-refractivity contribution is -0.117. The van der Waals surface area contributed by atoms with Crippen LogP contribution in [0.4, 0.5) is 5.69 Å². The maximum atomic E-state index is 12.3. The van der Waals surface area contributed by atoms with Crippen LogP contribution in [0.15, 0.2) is 29.2 Å². The first-order valence-electron chi connectivity index (χ1n) is 8.13. The van der Waals surface area contributed by atoms with Crippen LogP contribution in [-0.4, -0.2) is 80.4 Å². The maximum absolute atomic E-state index is 12.3. The van der Waals surface area contributed by atoms with Crippen LogP contribution >= 0.6 is 11.8 Å². The maximum Gasteiger partial charge on any atom is 0.281 e. The first kappa shape index (κ1) is 20.7. The summed E-state index contributed by atoms with van der Waals surface area (Å²) in [6.07, 6.45) is 0. The molecule has 1 aromatic rings. The van der Waals surface area contributed by atoms with Gasteiger partial charge in [0.2, 0.25) is 5.91 Å². The summed E-state index contributed by atoms with van der Waals surface area (Å²) in [6, 6.07) is 9.43. The third-order valence-corrected chi connectivity index (χ3v) is 6.82. The Morgan fingerprint density at radius 3 is 2.54 bits per heavy atom. The van der Waals surface area contributed by atoms with Gasteiger partial charge in [-0.2, -0.15) is 22.3 Å². The SMILES string of the molecule is CN(C)S(=O)(=O)N1CCN(CC(=O)Nc2ccccc2SCC#N)CC1. The van der Waals surface area contributed by atoms with Crippen LogP contribution in [0.2, 0.25) is 0 Å². The van der Waals surface area contributed by atoms with E-state index in [1.54, 1.807) is 6.07 Å². The minimum absolute atomic E-state index is 0.154. The second-order valence-corrected chi connectivity index (χ2v) is 9.12. The quantitative estimate of drug-likeness (QED) is 0.679. The Balaban J connectivity index is 1.88. The molecule has 1 N–H and O–H groups in total. The van der Waals surface area contributed by atoms with Crippen molar-refractivity contribution in [1.82, 2.24) is 13.5 Å². The van der Waals surface area contributed by atoms with Gasteiger partial charge in [-0.15, -0.1) is 11.8 Å². The van der Waals surface area contributed by atoms with Crippen molar-refractivity contribution >= 4 is 33.6 Å². The number of benzene rings is 1. The number of nitriles is 1. The molecule has 142 valence electrons. The zero-order valence-corrected chi connectivity index (χ0v) is 16.5. The summed E-state index contributed by atoms with van der Waals surface area (Å²) in [7, 11) is -0.383. The fraction of sp³-hybridized carbons (Fsp3) is 0.500. The normalized spacial score (nSPS) is 16.4. The first-order valence-corrected chi connectivity index (χ1v) is 10.5. The number of nitrogens with one attached hydrogen (secondary N) is 1. The fourth-order valence-electron chi connectivity index (χ4n) is 2.55. The molecule has 1 aliphatic heterocycles. The van der Waals surface area contributed by atoms with Crippen molar-refractivity contribution in [2.45, 2.75) is 4.90 Å². The fourth-order valence-corrected chi connectivity index (χ4v) is 4.30. The average molecular weight is 398 g/mol. The molecule has 0 atom stereocenters. The van der Waals surface area contributed by atoms with Crippen LogP contribution in [0.25, 0.3) is 0 Å². The van der Waals surface area contributed by atoms with Gasteiger partial charge in [-0.25, -0.2) is 0 Å². The largest absolute Gasteiger partial charge is 0.324 e. The number of thioether (sulfide) groups is 1. The molecule has 1 heterocycles. The molecule has 0 spiro atoms. The first-order chi connectivity index (χ1) is 12.3. The van der Waals surface area contributed by atoms with Gasteiger partial charge in [0.1, 0.15) is 0 Å². The van der Waals surface area contributed by atoms with Crippen LogP contribution in [-0.2, 0) is 15.0 Å².